The van der Waals surface area contributed by atoms with E-state index in [1.807, 2.05) is 4.90 Å². The molecule has 0 bridgehead atoms. The van der Waals surface area contributed by atoms with Crippen LogP contribution in [-0.4, -0.2) is 53.4 Å². The van der Waals surface area contributed by atoms with Gasteiger partial charge >= 0.3 is 0 Å². The molecule has 0 aliphatic carbocycles. The van der Waals surface area contributed by atoms with Gasteiger partial charge in [-0.2, -0.15) is 0 Å². The standard InChI is InChI=1S/C22H27N3O/c1-2-7-21(19-8-4-3-5-9-19)18-24-14-6-15-25(17-16-24)22(26)20-10-12-23-13-11-20/h3-5,7-13H,2,6,14-18H2,1H3/b21-7-. The normalized spacial score (nSPS) is 16.3. The van der Waals surface area contributed by atoms with Crippen molar-refractivity contribution < 1.29 is 4.79 Å². The van der Waals surface area contributed by atoms with Gasteiger partial charge in [-0.1, -0.05) is 43.3 Å². The summed E-state index contributed by atoms with van der Waals surface area (Å²) in [5.74, 6) is 0.113. The van der Waals surface area contributed by atoms with Crippen molar-refractivity contribution >= 4 is 11.5 Å². The van der Waals surface area contributed by atoms with E-state index in [0.717, 1.165) is 51.1 Å². The van der Waals surface area contributed by atoms with Crippen molar-refractivity contribution in [2.75, 3.05) is 32.7 Å². The van der Waals surface area contributed by atoms with Crippen LogP contribution < -0.4 is 0 Å². The number of nitrogens with zero attached hydrogens (tertiary/aromatic N) is 3. The molecule has 0 saturated carbocycles. The molecule has 1 fully saturated rings. The van der Waals surface area contributed by atoms with Crippen molar-refractivity contribution in [3.05, 3.63) is 72.1 Å². The maximum absolute atomic E-state index is 12.7. The van der Waals surface area contributed by atoms with Crippen molar-refractivity contribution in [1.29, 1.82) is 0 Å². The molecular formula is C22H27N3O. The van der Waals surface area contributed by atoms with E-state index in [1.165, 1.54) is 11.1 Å². The predicted molar refractivity (Wildman–Crippen MR) is 106 cm³/mol. The SMILES string of the molecule is CC/C=C(/CN1CCCN(C(=O)c2ccncc2)CC1)c1ccccc1. The van der Waals surface area contributed by atoms with E-state index in [1.54, 1.807) is 24.5 Å². The zero-order valence-corrected chi connectivity index (χ0v) is 15.5. The summed E-state index contributed by atoms with van der Waals surface area (Å²) in [6.07, 6.45) is 7.72. The molecule has 1 aromatic carbocycles. The summed E-state index contributed by atoms with van der Waals surface area (Å²) in [6.45, 7) is 6.64. The second kappa shape index (κ2) is 9.30. The maximum atomic E-state index is 12.7. The number of rotatable bonds is 5. The number of allylic oxidation sites excluding steroid dienone is 1. The van der Waals surface area contributed by atoms with Gasteiger partial charge in [-0.25, -0.2) is 0 Å². The highest BCUT2D eigenvalue weighted by molar-refractivity contribution is 5.94. The molecule has 0 unspecified atom stereocenters. The number of pyridine rings is 1. The molecule has 26 heavy (non-hydrogen) atoms. The van der Waals surface area contributed by atoms with Crippen LogP contribution >= 0.6 is 0 Å². The summed E-state index contributed by atoms with van der Waals surface area (Å²) in [5.41, 5.74) is 3.40. The maximum Gasteiger partial charge on any atom is 0.254 e. The Hall–Kier alpha value is -2.46. The van der Waals surface area contributed by atoms with Crippen LogP contribution in [-0.2, 0) is 0 Å². The van der Waals surface area contributed by atoms with Crippen LogP contribution in [0.4, 0.5) is 0 Å². The Morgan fingerprint density at radius 1 is 1.00 bits per heavy atom. The summed E-state index contributed by atoms with van der Waals surface area (Å²) in [4.78, 5) is 21.1. The average Bonchev–Trinajstić information content (AvgIpc) is 2.94. The first-order valence-corrected chi connectivity index (χ1v) is 9.44. The lowest BCUT2D eigenvalue weighted by Crippen LogP contribution is -2.35. The molecule has 1 aliphatic rings. The fourth-order valence-corrected chi connectivity index (χ4v) is 3.42. The molecule has 4 nitrogen and oxygen atoms in total. The van der Waals surface area contributed by atoms with Gasteiger partial charge in [-0.05, 0) is 36.1 Å². The zero-order valence-electron chi connectivity index (χ0n) is 15.5. The molecule has 1 aliphatic heterocycles. The average molecular weight is 349 g/mol. The van der Waals surface area contributed by atoms with E-state index in [9.17, 15) is 4.79 Å². The van der Waals surface area contributed by atoms with Crippen molar-refractivity contribution in [3.8, 4) is 0 Å². The molecule has 136 valence electrons. The van der Waals surface area contributed by atoms with Crippen molar-refractivity contribution in [3.63, 3.8) is 0 Å². The van der Waals surface area contributed by atoms with Crippen LogP contribution in [0, 0.1) is 0 Å². The molecule has 0 spiro atoms. The molecule has 0 radical (unpaired) electrons. The van der Waals surface area contributed by atoms with Gasteiger partial charge in [0.15, 0.2) is 0 Å². The Morgan fingerprint density at radius 3 is 2.50 bits per heavy atom. The lowest BCUT2D eigenvalue weighted by Gasteiger charge is -2.23. The highest BCUT2D eigenvalue weighted by atomic mass is 16.2. The summed E-state index contributed by atoms with van der Waals surface area (Å²) in [6, 6.07) is 14.2. The first-order chi connectivity index (χ1) is 12.8. The van der Waals surface area contributed by atoms with E-state index in [-0.39, 0.29) is 5.91 Å². The summed E-state index contributed by atoms with van der Waals surface area (Å²) < 4.78 is 0. The van der Waals surface area contributed by atoms with Gasteiger partial charge in [0.1, 0.15) is 0 Å². The third-order valence-corrected chi connectivity index (χ3v) is 4.79. The van der Waals surface area contributed by atoms with Crippen LogP contribution in [0.15, 0.2) is 60.9 Å². The van der Waals surface area contributed by atoms with Gasteiger partial charge in [0.05, 0.1) is 0 Å². The van der Waals surface area contributed by atoms with Gasteiger partial charge in [0, 0.05) is 50.7 Å². The van der Waals surface area contributed by atoms with Gasteiger partial charge < -0.3 is 4.90 Å². The highest BCUT2D eigenvalue weighted by Crippen LogP contribution is 2.18. The Kier molecular flexibility index (Phi) is 6.56. The summed E-state index contributed by atoms with van der Waals surface area (Å²) >= 11 is 0. The van der Waals surface area contributed by atoms with E-state index in [4.69, 9.17) is 0 Å². The van der Waals surface area contributed by atoms with Crippen molar-refractivity contribution in [1.82, 2.24) is 14.8 Å². The first kappa shape index (κ1) is 18.3. The molecule has 1 saturated heterocycles. The fraction of sp³-hybridized carbons (Fsp3) is 0.364. The van der Waals surface area contributed by atoms with Gasteiger partial charge in [-0.15, -0.1) is 0 Å². The Labute approximate surface area is 156 Å². The van der Waals surface area contributed by atoms with E-state index >= 15 is 0 Å². The monoisotopic (exact) mass is 349 g/mol. The lowest BCUT2D eigenvalue weighted by molar-refractivity contribution is 0.0762. The molecule has 4 heteroatoms. The molecular weight excluding hydrogens is 322 g/mol. The first-order valence-electron chi connectivity index (χ1n) is 9.44. The molecule has 2 aromatic rings. The number of aromatic nitrogens is 1. The Bertz CT molecular complexity index is 728. The summed E-state index contributed by atoms with van der Waals surface area (Å²) in [7, 11) is 0. The quantitative estimate of drug-likeness (QED) is 0.825. The minimum Gasteiger partial charge on any atom is -0.337 e. The van der Waals surface area contributed by atoms with Crippen LogP contribution in [0.3, 0.4) is 0 Å². The molecule has 2 heterocycles. The topological polar surface area (TPSA) is 36.4 Å². The van der Waals surface area contributed by atoms with E-state index in [0.29, 0.717) is 0 Å². The van der Waals surface area contributed by atoms with Crippen LogP contribution in [0.1, 0.15) is 35.7 Å². The highest BCUT2D eigenvalue weighted by Gasteiger charge is 2.20. The lowest BCUT2D eigenvalue weighted by atomic mass is 10.0. The predicted octanol–water partition coefficient (Wildman–Crippen LogP) is 3.72. The second-order valence-corrected chi connectivity index (χ2v) is 6.66. The third-order valence-electron chi connectivity index (χ3n) is 4.79. The molecule has 0 N–H and O–H groups in total. The molecule has 3 rings (SSSR count). The third kappa shape index (κ3) is 4.79. The fourth-order valence-electron chi connectivity index (χ4n) is 3.42. The largest absolute Gasteiger partial charge is 0.337 e. The number of hydrogen-bond acceptors (Lipinski definition) is 3. The van der Waals surface area contributed by atoms with Crippen LogP contribution in [0.5, 0.6) is 0 Å². The van der Waals surface area contributed by atoms with Gasteiger partial charge in [0.2, 0.25) is 0 Å². The second-order valence-electron chi connectivity index (χ2n) is 6.66. The molecule has 1 amide bonds. The molecule has 0 atom stereocenters. The Morgan fingerprint density at radius 2 is 1.77 bits per heavy atom. The van der Waals surface area contributed by atoms with Crippen molar-refractivity contribution in [2.24, 2.45) is 0 Å². The van der Waals surface area contributed by atoms with Crippen LogP contribution in [0.25, 0.3) is 5.57 Å². The van der Waals surface area contributed by atoms with Crippen LogP contribution in [0.2, 0.25) is 0 Å². The number of amides is 1. The number of carbonyl (C=O) groups excluding carboxylic acids is 1. The number of carbonyl (C=O) groups is 1. The minimum atomic E-state index is 0.113. The zero-order chi connectivity index (χ0) is 18.2. The molecule has 1 aromatic heterocycles. The smallest absolute Gasteiger partial charge is 0.254 e. The van der Waals surface area contributed by atoms with Gasteiger partial charge in [-0.3, -0.25) is 14.7 Å². The van der Waals surface area contributed by atoms with Crippen molar-refractivity contribution in [2.45, 2.75) is 19.8 Å². The number of hydrogen-bond donors (Lipinski definition) is 0. The summed E-state index contributed by atoms with van der Waals surface area (Å²) in [5, 5.41) is 0. The van der Waals surface area contributed by atoms with Gasteiger partial charge in [0.25, 0.3) is 5.91 Å². The van der Waals surface area contributed by atoms with E-state index in [2.05, 4.69) is 53.2 Å². The van der Waals surface area contributed by atoms with E-state index < -0.39 is 0 Å². The minimum absolute atomic E-state index is 0.113. The number of benzene rings is 1. The Balaban J connectivity index is 1.63.